The standard InChI is InChI=1S/C13H24N2O3/c1-8(2)5-11(13(17)18-4)15-12(16)10-7-14-6-9(10)3/h8-11,14H,5-7H2,1-4H3,(H,15,16)/t9-,10-,11?/m1/s1. The van der Waals surface area contributed by atoms with E-state index in [1.165, 1.54) is 7.11 Å². The van der Waals surface area contributed by atoms with E-state index in [4.69, 9.17) is 4.74 Å². The third kappa shape index (κ3) is 3.98. The van der Waals surface area contributed by atoms with E-state index in [1.54, 1.807) is 0 Å². The van der Waals surface area contributed by atoms with Crippen LogP contribution in [-0.2, 0) is 14.3 Å². The Kier molecular flexibility index (Phi) is 5.59. The molecule has 0 aromatic heterocycles. The number of hydrogen-bond donors (Lipinski definition) is 2. The van der Waals surface area contributed by atoms with E-state index in [0.717, 1.165) is 6.54 Å². The summed E-state index contributed by atoms with van der Waals surface area (Å²) in [6.07, 6.45) is 0.604. The molecule has 0 aromatic rings. The van der Waals surface area contributed by atoms with Gasteiger partial charge >= 0.3 is 5.97 Å². The molecule has 1 aliphatic heterocycles. The van der Waals surface area contributed by atoms with Gasteiger partial charge in [-0.25, -0.2) is 4.79 Å². The van der Waals surface area contributed by atoms with Crippen LogP contribution in [0.2, 0.25) is 0 Å². The molecular weight excluding hydrogens is 232 g/mol. The number of carbonyl (C=O) groups is 2. The Morgan fingerprint density at radius 2 is 2.06 bits per heavy atom. The Hall–Kier alpha value is -1.10. The molecular formula is C13H24N2O3. The normalized spacial score (nSPS) is 24.9. The Morgan fingerprint density at radius 1 is 1.39 bits per heavy atom. The average Bonchev–Trinajstić information content (AvgIpc) is 2.73. The van der Waals surface area contributed by atoms with Gasteiger partial charge in [0.1, 0.15) is 6.04 Å². The van der Waals surface area contributed by atoms with Crippen molar-refractivity contribution in [2.45, 2.75) is 33.2 Å². The van der Waals surface area contributed by atoms with Gasteiger partial charge in [0.15, 0.2) is 0 Å². The van der Waals surface area contributed by atoms with Gasteiger partial charge < -0.3 is 15.4 Å². The number of rotatable bonds is 5. The molecule has 18 heavy (non-hydrogen) atoms. The minimum Gasteiger partial charge on any atom is -0.467 e. The second kappa shape index (κ2) is 6.73. The molecule has 1 saturated heterocycles. The lowest BCUT2D eigenvalue weighted by Crippen LogP contribution is -2.46. The zero-order chi connectivity index (χ0) is 13.7. The highest BCUT2D eigenvalue weighted by atomic mass is 16.5. The van der Waals surface area contributed by atoms with Gasteiger partial charge in [-0.15, -0.1) is 0 Å². The molecule has 0 saturated carbocycles. The lowest BCUT2D eigenvalue weighted by molar-refractivity contribution is -0.146. The van der Waals surface area contributed by atoms with Crippen LogP contribution < -0.4 is 10.6 Å². The van der Waals surface area contributed by atoms with Crippen molar-refractivity contribution in [2.24, 2.45) is 17.8 Å². The first-order chi connectivity index (χ1) is 8.45. The first-order valence-corrected chi connectivity index (χ1v) is 6.54. The van der Waals surface area contributed by atoms with Crippen LogP contribution in [0.3, 0.4) is 0 Å². The number of esters is 1. The molecule has 104 valence electrons. The summed E-state index contributed by atoms with van der Waals surface area (Å²) < 4.78 is 4.73. The minimum atomic E-state index is -0.532. The summed E-state index contributed by atoms with van der Waals surface area (Å²) in [6.45, 7) is 7.61. The monoisotopic (exact) mass is 256 g/mol. The lowest BCUT2D eigenvalue weighted by atomic mass is 9.96. The van der Waals surface area contributed by atoms with E-state index in [-0.39, 0.29) is 17.8 Å². The summed E-state index contributed by atoms with van der Waals surface area (Å²) in [5.74, 6) is 0.166. The fraction of sp³-hybridized carbons (Fsp3) is 0.846. The zero-order valence-electron chi connectivity index (χ0n) is 11.7. The molecule has 1 amide bonds. The Bertz CT molecular complexity index is 305. The van der Waals surface area contributed by atoms with Crippen LogP contribution in [0.15, 0.2) is 0 Å². The van der Waals surface area contributed by atoms with Crippen molar-refractivity contribution in [1.29, 1.82) is 0 Å². The maximum absolute atomic E-state index is 12.1. The van der Waals surface area contributed by atoms with Crippen LogP contribution in [0.4, 0.5) is 0 Å². The molecule has 1 heterocycles. The van der Waals surface area contributed by atoms with Crippen molar-refractivity contribution < 1.29 is 14.3 Å². The highest BCUT2D eigenvalue weighted by molar-refractivity contribution is 5.86. The third-order valence-electron chi connectivity index (χ3n) is 3.36. The van der Waals surface area contributed by atoms with Crippen molar-refractivity contribution in [3.05, 3.63) is 0 Å². The minimum absolute atomic E-state index is 0.0516. The largest absolute Gasteiger partial charge is 0.467 e. The van der Waals surface area contributed by atoms with Gasteiger partial charge in [-0.05, 0) is 24.8 Å². The molecule has 1 rings (SSSR count). The van der Waals surface area contributed by atoms with Crippen molar-refractivity contribution in [1.82, 2.24) is 10.6 Å². The number of hydrogen-bond acceptors (Lipinski definition) is 4. The summed E-state index contributed by atoms with van der Waals surface area (Å²) in [4.78, 5) is 23.7. The number of methoxy groups -OCH3 is 1. The van der Waals surface area contributed by atoms with Gasteiger partial charge in [0.05, 0.1) is 13.0 Å². The number of nitrogens with one attached hydrogen (secondary N) is 2. The fourth-order valence-electron chi connectivity index (χ4n) is 2.27. The molecule has 3 atom stereocenters. The summed E-state index contributed by atoms with van der Waals surface area (Å²) in [7, 11) is 1.35. The summed E-state index contributed by atoms with van der Waals surface area (Å²) in [5, 5.41) is 6.00. The summed E-state index contributed by atoms with van der Waals surface area (Å²) >= 11 is 0. The smallest absolute Gasteiger partial charge is 0.328 e. The van der Waals surface area contributed by atoms with Gasteiger partial charge in [-0.3, -0.25) is 4.79 Å². The molecule has 0 spiro atoms. The van der Waals surface area contributed by atoms with E-state index < -0.39 is 6.04 Å². The highest BCUT2D eigenvalue weighted by Gasteiger charge is 2.32. The molecule has 0 aliphatic carbocycles. The Balaban J connectivity index is 2.59. The third-order valence-corrected chi connectivity index (χ3v) is 3.36. The topological polar surface area (TPSA) is 67.4 Å². The van der Waals surface area contributed by atoms with E-state index >= 15 is 0 Å². The molecule has 2 N–H and O–H groups in total. The highest BCUT2D eigenvalue weighted by Crippen LogP contribution is 2.17. The molecule has 1 unspecified atom stereocenters. The van der Waals surface area contributed by atoms with Crippen LogP contribution >= 0.6 is 0 Å². The van der Waals surface area contributed by atoms with Crippen LogP contribution in [0.5, 0.6) is 0 Å². The van der Waals surface area contributed by atoms with Crippen LogP contribution in [-0.4, -0.2) is 38.1 Å². The molecule has 0 bridgehead atoms. The Morgan fingerprint density at radius 3 is 2.50 bits per heavy atom. The van der Waals surface area contributed by atoms with Crippen molar-refractivity contribution in [2.75, 3.05) is 20.2 Å². The summed E-state index contributed by atoms with van der Waals surface area (Å²) in [5.41, 5.74) is 0. The fourth-order valence-corrected chi connectivity index (χ4v) is 2.27. The van der Waals surface area contributed by atoms with E-state index in [1.807, 2.05) is 20.8 Å². The number of amides is 1. The predicted molar refractivity (Wildman–Crippen MR) is 68.9 cm³/mol. The molecule has 5 nitrogen and oxygen atoms in total. The molecule has 1 aliphatic rings. The average molecular weight is 256 g/mol. The van der Waals surface area contributed by atoms with Crippen LogP contribution in [0.25, 0.3) is 0 Å². The zero-order valence-corrected chi connectivity index (χ0v) is 11.7. The van der Waals surface area contributed by atoms with Gasteiger partial charge in [0, 0.05) is 6.54 Å². The van der Waals surface area contributed by atoms with E-state index in [9.17, 15) is 9.59 Å². The van der Waals surface area contributed by atoms with E-state index in [2.05, 4.69) is 10.6 Å². The maximum atomic E-state index is 12.1. The summed E-state index contributed by atoms with van der Waals surface area (Å²) in [6, 6.07) is -0.532. The Labute approximate surface area is 109 Å². The quantitative estimate of drug-likeness (QED) is 0.705. The second-order valence-electron chi connectivity index (χ2n) is 5.46. The van der Waals surface area contributed by atoms with E-state index in [0.29, 0.717) is 24.8 Å². The number of ether oxygens (including phenoxy) is 1. The lowest BCUT2D eigenvalue weighted by Gasteiger charge is -2.21. The first-order valence-electron chi connectivity index (χ1n) is 6.54. The molecule has 0 radical (unpaired) electrons. The van der Waals surface area contributed by atoms with Gasteiger partial charge in [0.2, 0.25) is 5.91 Å². The predicted octanol–water partition coefficient (Wildman–Crippen LogP) is 0.546. The SMILES string of the molecule is COC(=O)C(CC(C)C)NC(=O)[C@@H]1CNC[C@H]1C. The van der Waals surface area contributed by atoms with Gasteiger partial charge in [0.25, 0.3) is 0 Å². The van der Waals surface area contributed by atoms with Crippen LogP contribution in [0.1, 0.15) is 27.2 Å². The molecule has 5 heteroatoms. The number of carbonyl (C=O) groups excluding carboxylic acids is 2. The van der Waals surface area contributed by atoms with Crippen molar-refractivity contribution in [3.8, 4) is 0 Å². The van der Waals surface area contributed by atoms with Gasteiger partial charge in [-0.1, -0.05) is 20.8 Å². The van der Waals surface area contributed by atoms with Gasteiger partial charge in [-0.2, -0.15) is 0 Å². The second-order valence-corrected chi connectivity index (χ2v) is 5.46. The van der Waals surface area contributed by atoms with Crippen LogP contribution in [0, 0.1) is 17.8 Å². The first kappa shape index (κ1) is 15.0. The van der Waals surface area contributed by atoms with Crippen molar-refractivity contribution in [3.63, 3.8) is 0 Å². The van der Waals surface area contributed by atoms with Crippen molar-refractivity contribution >= 4 is 11.9 Å². The molecule has 0 aromatic carbocycles. The maximum Gasteiger partial charge on any atom is 0.328 e. The molecule has 1 fully saturated rings.